The van der Waals surface area contributed by atoms with Crippen molar-refractivity contribution in [1.82, 2.24) is 15.5 Å². The van der Waals surface area contributed by atoms with Gasteiger partial charge in [-0.25, -0.2) is 9.18 Å². The Bertz CT molecular complexity index is 856. The molecule has 176 valence electrons. The Labute approximate surface area is 191 Å². The third-order valence-corrected chi connectivity index (χ3v) is 6.88. The first-order chi connectivity index (χ1) is 15.3. The van der Waals surface area contributed by atoms with Gasteiger partial charge in [-0.2, -0.15) is 0 Å². The first-order valence-corrected chi connectivity index (χ1v) is 11.2. The fourth-order valence-electron chi connectivity index (χ4n) is 4.65. The van der Waals surface area contributed by atoms with Gasteiger partial charge in [-0.3, -0.25) is 9.59 Å². The summed E-state index contributed by atoms with van der Waals surface area (Å²) < 4.78 is 24.9. The van der Waals surface area contributed by atoms with Crippen molar-refractivity contribution in [1.29, 1.82) is 0 Å². The van der Waals surface area contributed by atoms with Crippen molar-refractivity contribution in [3.8, 4) is 5.75 Å². The topological polar surface area (TPSA) is 97.0 Å². The second kappa shape index (κ2) is 9.94. The Kier molecular flexibility index (Phi) is 7.48. The molecule has 1 aromatic carbocycles. The quantitative estimate of drug-likeness (QED) is 0.542. The minimum Gasteiger partial charge on any atom is -0.484 e. The lowest BCUT2D eigenvalue weighted by molar-refractivity contribution is -0.134. The first-order valence-electron chi connectivity index (χ1n) is 10.8. The van der Waals surface area contributed by atoms with Gasteiger partial charge in [-0.1, -0.05) is 11.6 Å². The summed E-state index contributed by atoms with van der Waals surface area (Å²) >= 11 is 5.67. The van der Waals surface area contributed by atoms with E-state index in [4.69, 9.17) is 21.1 Å². The van der Waals surface area contributed by atoms with E-state index < -0.39 is 35.0 Å². The molecular formula is C22H29ClFN3O5. The average Bonchev–Trinajstić information content (AvgIpc) is 2.77. The van der Waals surface area contributed by atoms with Crippen molar-refractivity contribution in [2.75, 3.05) is 19.7 Å². The van der Waals surface area contributed by atoms with E-state index in [2.05, 4.69) is 10.6 Å². The second-order valence-electron chi connectivity index (χ2n) is 8.36. The predicted molar refractivity (Wildman–Crippen MR) is 116 cm³/mol. The lowest BCUT2D eigenvalue weighted by Crippen LogP contribution is -2.70. The van der Waals surface area contributed by atoms with E-state index in [0.29, 0.717) is 51.6 Å². The molecule has 1 aromatic rings. The predicted octanol–water partition coefficient (Wildman–Crippen LogP) is 3.02. The maximum Gasteiger partial charge on any atom is 0.410 e. The lowest BCUT2D eigenvalue weighted by atomic mass is 9.60. The molecule has 0 radical (unpaired) electrons. The number of carbonyl (C=O) groups excluding carboxylic acids is 3. The summed E-state index contributed by atoms with van der Waals surface area (Å²) in [6.45, 7) is 4.41. The van der Waals surface area contributed by atoms with Crippen LogP contribution in [0.5, 0.6) is 5.75 Å². The number of benzene rings is 1. The van der Waals surface area contributed by atoms with Gasteiger partial charge in [-0.05, 0) is 51.7 Å². The average molecular weight is 470 g/mol. The molecule has 3 saturated carbocycles. The van der Waals surface area contributed by atoms with Crippen molar-refractivity contribution < 1.29 is 28.2 Å². The largest absolute Gasteiger partial charge is 0.484 e. The van der Waals surface area contributed by atoms with Gasteiger partial charge in [0.2, 0.25) is 6.41 Å². The Morgan fingerprint density at radius 1 is 1.25 bits per heavy atom. The molecule has 4 rings (SSSR count). The molecule has 3 amide bonds. The SMILES string of the molecule is CCN(CC)C(=O)OC1CC2(NC=O)CCC1(NC(=O)COc1ccc(Cl)c(F)c1)CC2. The summed E-state index contributed by atoms with van der Waals surface area (Å²) in [4.78, 5) is 38.1. The molecule has 32 heavy (non-hydrogen) atoms. The monoisotopic (exact) mass is 469 g/mol. The lowest BCUT2D eigenvalue weighted by Gasteiger charge is -2.56. The van der Waals surface area contributed by atoms with E-state index in [-0.39, 0.29) is 17.4 Å². The highest BCUT2D eigenvalue weighted by atomic mass is 35.5. The van der Waals surface area contributed by atoms with Gasteiger partial charge < -0.3 is 25.0 Å². The van der Waals surface area contributed by atoms with Gasteiger partial charge in [-0.15, -0.1) is 0 Å². The minimum atomic E-state index is -0.749. The van der Waals surface area contributed by atoms with Crippen LogP contribution in [-0.4, -0.2) is 60.2 Å². The van der Waals surface area contributed by atoms with Crippen LogP contribution in [0.2, 0.25) is 5.02 Å². The van der Waals surface area contributed by atoms with Gasteiger partial charge in [0.15, 0.2) is 6.61 Å². The van der Waals surface area contributed by atoms with Gasteiger partial charge in [0.1, 0.15) is 17.7 Å². The van der Waals surface area contributed by atoms with Crippen LogP contribution in [0.15, 0.2) is 18.2 Å². The fraction of sp³-hybridized carbons (Fsp3) is 0.591. The number of amides is 3. The van der Waals surface area contributed by atoms with Crippen LogP contribution in [0.3, 0.4) is 0 Å². The summed E-state index contributed by atoms with van der Waals surface area (Å²) in [5, 5.41) is 5.88. The number of nitrogens with one attached hydrogen (secondary N) is 2. The van der Waals surface area contributed by atoms with Crippen LogP contribution in [0, 0.1) is 5.82 Å². The van der Waals surface area contributed by atoms with Crippen LogP contribution in [0.4, 0.5) is 9.18 Å². The van der Waals surface area contributed by atoms with E-state index in [1.54, 1.807) is 4.90 Å². The summed E-state index contributed by atoms with van der Waals surface area (Å²) in [6.07, 6.45) is 2.47. The third kappa shape index (κ3) is 5.09. The molecule has 0 saturated heterocycles. The molecule has 2 N–H and O–H groups in total. The minimum absolute atomic E-state index is 0.0321. The summed E-state index contributed by atoms with van der Waals surface area (Å²) in [5.74, 6) is -0.849. The van der Waals surface area contributed by atoms with Crippen LogP contribution in [0.1, 0.15) is 46.0 Å². The molecule has 1 atom stereocenters. The van der Waals surface area contributed by atoms with Crippen molar-refractivity contribution in [3.63, 3.8) is 0 Å². The normalized spacial score (nSPS) is 26.2. The molecule has 8 nitrogen and oxygen atoms in total. The molecule has 3 aliphatic rings. The number of rotatable bonds is 9. The zero-order valence-corrected chi connectivity index (χ0v) is 19.0. The summed E-state index contributed by atoms with van der Waals surface area (Å²) in [5.41, 5.74) is -1.19. The van der Waals surface area contributed by atoms with Crippen molar-refractivity contribution >= 4 is 30.0 Å². The zero-order valence-electron chi connectivity index (χ0n) is 18.3. The van der Waals surface area contributed by atoms with Crippen LogP contribution < -0.4 is 15.4 Å². The van der Waals surface area contributed by atoms with Gasteiger partial charge in [0.05, 0.1) is 10.6 Å². The summed E-state index contributed by atoms with van der Waals surface area (Å²) in [7, 11) is 0. The van der Waals surface area contributed by atoms with Crippen molar-refractivity contribution in [3.05, 3.63) is 29.0 Å². The number of hydrogen-bond acceptors (Lipinski definition) is 5. The smallest absolute Gasteiger partial charge is 0.410 e. The highest BCUT2D eigenvalue weighted by molar-refractivity contribution is 6.30. The molecule has 0 aromatic heterocycles. The highest BCUT2D eigenvalue weighted by Crippen LogP contribution is 2.48. The number of ether oxygens (including phenoxy) is 2. The zero-order chi connectivity index (χ0) is 23.4. The van der Waals surface area contributed by atoms with Crippen LogP contribution in [-0.2, 0) is 14.3 Å². The van der Waals surface area contributed by atoms with E-state index in [9.17, 15) is 18.8 Å². The summed E-state index contributed by atoms with van der Waals surface area (Å²) in [6, 6.07) is 3.95. The van der Waals surface area contributed by atoms with Gasteiger partial charge in [0, 0.05) is 31.1 Å². The number of hydrogen-bond donors (Lipinski definition) is 2. The Balaban J connectivity index is 1.71. The molecule has 1 unspecified atom stereocenters. The Morgan fingerprint density at radius 2 is 1.94 bits per heavy atom. The van der Waals surface area contributed by atoms with E-state index in [1.807, 2.05) is 13.8 Å². The Morgan fingerprint density at radius 3 is 2.53 bits per heavy atom. The molecule has 3 fully saturated rings. The second-order valence-corrected chi connectivity index (χ2v) is 8.77. The van der Waals surface area contributed by atoms with E-state index in [0.717, 1.165) is 6.07 Å². The maximum atomic E-state index is 13.6. The standard InChI is InChI=1S/C22H29ClFN3O5/c1-3-27(4-2)20(30)32-18-12-21(25-14-28)7-9-22(18,10-8-21)26-19(29)13-31-15-5-6-16(23)17(24)11-15/h5-6,11,14,18H,3-4,7-10,12-13H2,1-2H3,(H,25,28)(H,26,29). The van der Waals surface area contributed by atoms with Crippen molar-refractivity contribution in [2.45, 2.75) is 63.1 Å². The number of halogens is 2. The van der Waals surface area contributed by atoms with Crippen LogP contribution in [0.25, 0.3) is 0 Å². The van der Waals surface area contributed by atoms with Crippen LogP contribution >= 0.6 is 11.6 Å². The first kappa shape index (κ1) is 24.1. The molecule has 3 aliphatic carbocycles. The Hall–Kier alpha value is -2.55. The number of carbonyl (C=O) groups is 3. The molecule has 2 bridgehead atoms. The van der Waals surface area contributed by atoms with E-state index in [1.165, 1.54) is 12.1 Å². The third-order valence-electron chi connectivity index (χ3n) is 6.57. The molecule has 10 heteroatoms. The van der Waals surface area contributed by atoms with E-state index >= 15 is 0 Å². The maximum absolute atomic E-state index is 13.6. The molecular weight excluding hydrogens is 441 g/mol. The highest BCUT2D eigenvalue weighted by Gasteiger charge is 2.57. The van der Waals surface area contributed by atoms with Crippen molar-refractivity contribution in [2.24, 2.45) is 0 Å². The molecule has 0 heterocycles. The number of nitrogens with zero attached hydrogens (tertiary/aromatic N) is 1. The van der Waals surface area contributed by atoms with Gasteiger partial charge >= 0.3 is 6.09 Å². The fourth-order valence-corrected chi connectivity index (χ4v) is 4.76. The molecule has 0 spiro atoms. The van der Waals surface area contributed by atoms with Gasteiger partial charge in [0.25, 0.3) is 5.91 Å². The number of fused-ring (bicyclic) bond motifs is 3. The molecule has 0 aliphatic heterocycles.